The van der Waals surface area contributed by atoms with Gasteiger partial charge in [0.2, 0.25) is 0 Å². The van der Waals surface area contributed by atoms with Crippen molar-refractivity contribution in [3.63, 3.8) is 0 Å². The predicted octanol–water partition coefficient (Wildman–Crippen LogP) is 3.63. The van der Waals surface area contributed by atoms with Gasteiger partial charge in [-0.05, 0) is 74.7 Å². The van der Waals surface area contributed by atoms with Crippen molar-refractivity contribution in [3.05, 3.63) is 53.1 Å². The highest BCUT2D eigenvalue weighted by molar-refractivity contribution is 5.83. The van der Waals surface area contributed by atoms with Gasteiger partial charge in [-0.1, -0.05) is 6.07 Å². The molecule has 0 fully saturated rings. The molecule has 0 radical (unpaired) electrons. The van der Waals surface area contributed by atoms with Gasteiger partial charge in [0.05, 0.1) is 19.4 Å². The van der Waals surface area contributed by atoms with Gasteiger partial charge in [-0.3, -0.25) is 4.79 Å². The molecule has 2 aromatic carbocycles. The zero-order valence-electron chi connectivity index (χ0n) is 16.2. The SMILES string of the molecule is CCOc1ccc(C=NNC(=O)COc2ccc(C)c(C)c2)cc1OCC. The standard InChI is InChI=1S/C21H26N2O4/c1-5-25-19-10-8-17(12-20(19)26-6-2)13-22-23-21(24)14-27-18-9-7-15(3)16(4)11-18/h7-13H,5-6,14H2,1-4H3,(H,23,24). The van der Waals surface area contributed by atoms with E-state index in [1.165, 1.54) is 5.56 Å². The second kappa shape index (κ2) is 10.2. The summed E-state index contributed by atoms with van der Waals surface area (Å²) >= 11 is 0. The summed E-state index contributed by atoms with van der Waals surface area (Å²) in [7, 11) is 0. The maximum atomic E-state index is 11.9. The van der Waals surface area contributed by atoms with Crippen molar-refractivity contribution in [3.8, 4) is 17.2 Å². The molecule has 0 heterocycles. The molecular formula is C21H26N2O4. The smallest absolute Gasteiger partial charge is 0.277 e. The van der Waals surface area contributed by atoms with E-state index in [-0.39, 0.29) is 12.5 Å². The van der Waals surface area contributed by atoms with Gasteiger partial charge in [-0.25, -0.2) is 5.43 Å². The van der Waals surface area contributed by atoms with Crippen LogP contribution < -0.4 is 19.6 Å². The first kappa shape index (κ1) is 20.3. The zero-order chi connectivity index (χ0) is 19.6. The van der Waals surface area contributed by atoms with E-state index in [0.717, 1.165) is 11.1 Å². The van der Waals surface area contributed by atoms with Crippen molar-refractivity contribution in [1.82, 2.24) is 5.43 Å². The summed E-state index contributed by atoms with van der Waals surface area (Å²) in [4.78, 5) is 11.9. The predicted molar refractivity (Wildman–Crippen MR) is 106 cm³/mol. The number of amides is 1. The van der Waals surface area contributed by atoms with Crippen LogP contribution in [0.1, 0.15) is 30.5 Å². The Kier molecular flexibility index (Phi) is 7.67. The number of hydrazone groups is 1. The number of carbonyl (C=O) groups excluding carboxylic acids is 1. The Morgan fingerprint density at radius 2 is 1.70 bits per heavy atom. The topological polar surface area (TPSA) is 69.2 Å². The highest BCUT2D eigenvalue weighted by Crippen LogP contribution is 2.27. The maximum absolute atomic E-state index is 11.9. The quantitative estimate of drug-likeness (QED) is 0.541. The van der Waals surface area contributed by atoms with E-state index < -0.39 is 0 Å². The van der Waals surface area contributed by atoms with Crippen molar-refractivity contribution in [2.45, 2.75) is 27.7 Å². The molecule has 6 heteroatoms. The van der Waals surface area contributed by atoms with E-state index in [9.17, 15) is 4.79 Å². The fraction of sp³-hybridized carbons (Fsp3) is 0.333. The van der Waals surface area contributed by atoms with Crippen LogP contribution in [-0.4, -0.2) is 31.9 Å². The molecule has 0 atom stereocenters. The van der Waals surface area contributed by atoms with Crippen LogP contribution in [0, 0.1) is 13.8 Å². The van der Waals surface area contributed by atoms with Gasteiger partial charge in [0.25, 0.3) is 5.91 Å². The lowest BCUT2D eigenvalue weighted by molar-refractivity contribution is -0.123. The lowest BCUT2D eigenvalue weighted by atomic mass is 10.1. The number of carbonyl (C=O) groups is 1. The fourth-order valence-corrected chi connectivity index (χ4v) is 2.31. The van der Waals surface area contributed by atoms with Crippen LogP contribution in [0.15, 0.2) is 41.5 Å². The van der Waals surface area contributed by atoms with E-state index in [2.05, 4.69) is 10.5 Å². The summed E-state index contributed by atoms with van der Waals surface area (Å²) in [6.45, 7) is 8.84. The number of ether oxygens (including phenoxy) is 3. The summed E-state index contributed by atoms with van der Waals surface area (Å²) in [6, 6.07) is 11.2. The molecule has 0 bridgehead atoms. The van der Waals surface area contributed by atoms with Gasteiger partial charge in [0.15, 0.2) is 18.1 Å². The van der Waals surface area contributed by atoms with E-state index >= 15 is 0 Å². The Hall–Kier alpha value is -3.02. The Morgan fingerprint density at radius 1 is 0.963 bits per heavy atom. The molecule has 0 aromatic heterocycles. The number of rotatable bonds is 9. The molecule has 0 saturated heterocycles. The number of nitrogens with one attached hydrogen (secondary N) is 1. The van der Waals surface area contributed by atoms with Gasteiger partial charge in [0, 0.05) is 0 Å². The molecule has 2 aromatic rings. The highest BCUT2D eigenvalue weighted by atomic mass is 16.5. The normalized spacial score (nSPS) is 10.7. The maximum Gasteiger partial charge on any atom is 0.277 e. The average Bonchev–Trinajstić information content (AvgIpc) is 2.65. The second-order valence-electron chi connectivity index (χ2n) is 5.90. The number of aryl methyl sites for hydroxylation is 2. The molecule has 1 amide bonds. The minimum absolute atomic E-state index is 0.104. The Morgan fingerprint density at radius 3 is 2.41 bits per heavy atom. The van der Waals surface area contributed by atoms with E-state index in [4.69, 9.17) is 14.2 Å². The first-order valence-corrected chi connectivity index (χ1v) is 8.95. The monoisotopic (exact) mass is 370 g/mol. The first-order valence-electron chi connectivity index (χ1n) is 8.95. The van der Waals surface area contributed by atoms with E-state index in [1.54, 1.807) is 6.21 Å². The molecular weight excluding hydrogens is 344 g/mol. The van der Waals surface area contributed by atoms with Crippen molar-refractivity contribution < 1.29 is 19.0 Å². The number of hydrogen-bond donors (Lipinski definition) is 1. The third-order valence-corrected chi connectivity index (χ3v) is 3.82. The van der Waals surface area contributed by atoms with E-state index in [0.29, 0.717) is 30.5 Å². The van der Waals surface area contributed by atoms with Crippen LogP contribution in [0.25, 0.3) is 0 Å². The largest absolute Gasteiger partial charge is 0.490 e. The van der Waals surface area contributed by atoms with Gasteiger partial charge >= 0.3 is 0 Å². The number of hydrogen-bond acceptors (Lipinski definition) is 5. The van der Waals surface area contributed by atoms with Gasteiger partial charge in [-0.2, -0.15) is 5.10 Å². The number of nitrogens with zero attached hydrogens (tertiary/aromatic N) is 1. The van der Waals surface area contributed by atoms with Gasteiger partial charge < -0.3 is 14.2 Å². The summed E-state index contributed by atoms with van der Waals surface area (Å²) < 4.78 is 16.6. The summed E-state index contributed by atoms with van der Waals surface area (Å²) in [5.74, 6) is 1.65. The molecule has 0 saturated carbocycles. The van der Waals surface area contributed by atoms with Crippen molar-refractivity contribution in [2.24, 2.45) is 5.10 Å². The van der Waals surface area contributed by atoms with Crippen LogP contribution in [0.2, 0.25) is 0 Å². The molecule has 27 heavy (non-hydrogen) atoms. The molecule has 0 unspecified atom stereocenters. The molecule has 1 N–H and O–H groups in total. The minimum atomic E-state index is -0.333. The highest BCUT2D eigenvalue weighted by Gasteiger charge is 2.06. The fourth-order valence-electron chi connectivity index (χ4n) is 2.31. The van der Waals surface area contributed by atoms with Gasteiger partial charge in [-0.15, -0.1) is 0 Å². The van der Waals surface area contributed by atoms with Crippen LogP contribution >= 0.6 is 0 Å². The Bertz CT molecular complexity index is 803. The van der Waals surface area contributed by atoms with Crippen molar-refractivity contribution in [1.29, 1.82) is 0 Å². The van der Waals surface area contributed by atoms with Crippen LogP contribution in [0.4, 0.5) is 0 Å². The lowest BCUT2D eigenvalue weighted by Crippen LogP contribution is -2.24. The summed E-state index contributed by atoms with van der Waals surface area (Å²) in [6.07, 6.45) is 1.55. The Balaban J connectivity index is 1.89. The van der Waals surface area contributed by atoms with Crippen LogP contribution in [0.3, 0.4) is 0 Å². The molecule has 0 aliphatic carbocycles. The molecule has 2 rings (SSSR count). The Labute approximate surface area is 160 Å². The van der Waals surface area contributed by atoms with Gasteiger partial charge in [0.1, 0.15) is 5.75 Å². The van der Waals surface area contributed by atoms with Crippen LogP contribution in [-0.2, 0) is 4.79 Å². The number of benzene rings is 2. The van der Waals surface area contributed by atoms with Crippen molar-refractivity contribution in [2.75, 3.05) is 19.8 Å². The molecule has 6 nitrogen and oxygen atoms in total. The third kappa shape index (κ3) is 6.33. The van der Waals surface area contributed by atoms with Crippen molar-refractivity contribution >= 4 is 12.1 Å². The second-order valence-corrected chi connectivity index (χ2v) is 5.90. The molecule has 0 aliphatic rings. The summed E-state index contributed by atoms with van der Waals surface area (Å²) in [5.41, 5.74) is 5.54. The first-order chi connectivity index (χ1) is 13.0. The average molecular weight is 370 g/mol. The lowest BCUT2D eigenvalue weighted by Gasteiger charge is -2.11. The molecule has 0 spiro atoms. The molecule has 0 aliphatic heterocycles. The minimum Gasteiger partial charge on any atom is -0.490 e. The zero-order valence-corrected chi connectivity index (χ0v) is 16.2. The summed E-state index contributed by atoms with van der Waals surface area (Å²) in [5, 5.41) is 3.96. The molecule has 144 valence electrons. The van der Waals surface area contributed by atoms with Crippen LogP contribution in [0.5, 0.6) is 17.2 Å². The third-order valence-electron chi connectivity index (χ3n) is 3.82. The van der Waals surface area contributed by atoms with E-state index in [1.807, 2.05) is 64.1 Å².